The molecule has 4 nitrogen and oxygen atoms in total. The van der Waals surface area contributed by atoms with E-state index in [2.05, 4.69) is 4.98 Å². The van der Waals surface area contributed by atoms with Gasteiger partial charge in [0.1, 0.15) is 5.75 Å². The summed E-state index contributed by atoms with van der Waals surface area (Å²) in [6, 6.07) is 5.50. The van der Waals surface area contributed by atoms with Crippen molar-refractivity contribution >= 4 is 23.5 Å². The Kier molecular flexibility index (Phi) is 2.81. The highest BCUT2D eigenvalue weighted by atomic mass is 16.5. The molecule has 0 fully saturated rings. The third kappa shape index (κ3) is 1.75. The average molecular weight is 217 g/mol. The number of nitrogens with zero attached hydrogens (tertiary/aromatic N) is 1. The lowest BCUT2D eigenvalue weighted by Gasteiger charge is -2.08. The van der Waals surface area contributed by atoms with Gasteiger partial charge in [0.05, 0.1) is 12.6 Å². The van der Waals surface area contributed by atoms with Gasteiger partial charge in [-0.25, -0.2) is 0 Å². The zero-order valence-corrected chi connectivity index (χ0v) is 9.14. The Morgan fingerprint density at radius 2 is 2.06 bits per heavy atom. The third-order valence-electron chi connectivity index (χ3n) is 2.66. The number of benzene rings is 1. The molecule has 82 valence electrons. The van der Waals surface area contributed by atoms with E-state index in [1.807, 2.05) is 25.1 Å². The highest BCUT2D eigenvalue weighted by Gasteiger charge is 2.16. The number of methoxy groups -OCH3 is 1. The van der Waals surface area contributed by atoms with Crippen LogP contribution in [0.4, 0.5) is 0 Å². The average Bonchev–Trinajstić information content (AvgIpc) is 2.28. The molecule has 0 atom stereocenters. The molecule has 0 radical (unpaired) electrons. The molecule has 2 aromatic rings. The first-order valence-corrected chi connectivity index (χ1v) is 4.93. The van der Waals surface area contributed by atoms with E-state index in [0.29, 0.717) is 5.46 Å². The summed E-state index contributed by atoms with van der Waals surface area (Å²) in [5.74, 6) is 0.733. The summed E-state index contributed by atoms with van der Waals surface area (Å²) in [6.07, 6.45) is 1.47. The molecule has 16 heavy (non-hydrogen) atoms. The van der Waals surface area contributed by atoms with Crippen LogP contribution < -0.4 is 10.2 Å². The van der Waals surface area contributed by atoms with Gasteiger partial charge in [0.15, 0.2) is 0 Å². The van der Waals surface area contributed by atoms with Crippen LogP contribution in [0.25, 0.3) is 10.9 Å². The lowest BCUT2D eigenvalue weighted by Crippen LogP contribution is -2.32. The Balaban J connectivity index is 2.67. The molecule has 5 heteroatoms. The van der Waals surface area contributed by atoms with Crippen molar-refractivity contribution < 1.29 is 14.8 Å². The van der Waals surface area contributed by atoms with E-state index >= 15 is 0 Å². The Bertz CT molecular complexity index is 528. The molecule has 1 heterocycles. The number of hydrogen-bond donors (Lipinski definition) is 2. The van der Waals surface area contributed by atoms with Crippen molar-refractivity contribution in [3.8, 4) is 5.75 Å². The number of pyridine rings is 1. The van der Waals surface area contributed by atoms with Crippen LogP contribution in [-0.4, -0.2) is 29.3 Å². The van der Waals surface area contributed by atoms with Crippen molar-refractivity contribution in [3.63, 3.8) is 0 Å². The third-order valence-corrected chi connectivity index (χ3v) is 2.66. The standard InChI is InChI=1S/C11H12BNO3/c1-7-9-4-3-8(16-2)5-11(9)13-6-10(7)12(14)15/h3-6,14-15H,1-2H3. The van der Waals surface area contributed by atoms with Gasteiger partial charge in [-0.3, -0.25) is 4.98 Å². The topological polar surface area (TPSA) is 62.6 Å². The molecule has 0 spiro atoms. The van der Waals surface area contributed by atoms with E-state index in [-0.39, 0.29) is 0 Å². The van der Waals surface area contributed by atoms with Gasteiger partial charge in [0.2, 0.25) is 0 Å². The van der Waals surface area contributed by atoms with Gasteiger partial charge < -0.3 is 14.8 Å². The summed E-state index contributed by atoms with van der Waals surface area (Å²) in [5, 5.41) is 19.2. The molecule has 1 aromatic carbocycles. The first-order chi connectivity index (χ1) is 7.63. The van der Waals surface area contributed by atoms with Crippen LogP contribution in [0, 0.1) is 6.92 Å². The predicted molar refractivity (Wildman–Crippen MR) is 62.9 cm³/mol. The Morgan fingerprint density at radius 1 is 1.31 bits per heavy atom. The van der Waals surface area contributed by atoms with Gasteiger partial charge in [0.25, 0.3) is 0 Å². The molecular formula is C11H12BNO3. The number of hydrogen-bond acceptors (Lipinski definition) is 4. The number of rotatable bonds is 2. The van der Waals surface area contributed by atoms with Crippen molar-refractivity contribution in [3.05, 3.63) is 30.0 Å². The molecular weight excluding hydrogens is 205 g/mol. The molecule has 0 saturated heterocycles. The fourth-order valence-electron chi connectivity index (χ4n) is 1.71. The van der Waals surface area contributed by atoms with E-state index in [1.165, 1.54) is 6.20 Å². The highest BCUT2D eigenvalue weighted by molar-refractivity contribution is 6.59. The van der Waals surface area contributed by atoms with Crippen molar-refractivity contribution in [1.29, 1.82) is 0 Å². The lowest BCUT2D eigenvalue weighted by molar-refractivity contribution is 0.415. The van der Waals surface area contributed by atoms with Crippen molar-refractivity contribution in [2.45, 2.75) is 6.92 Å². The normalized spacial score (nSPS) is 10.5. The van der Waals surface area contributed by atoms with E-state index in [4.69, 9.17) is 14.8 Å². The van der Waals surface area contributed by atoms with Gasteiger partial charge in [-0.1, -0.05) is 0 Å². The monoisotopic (exact) mass is 217 g/mol. The van der Waals surface area contributed by atoms with Crippen LogP contribution in [0.2, 0.25) is 0 Å². The van der Waals surface area contributed by atoms with Crippen molar-refractivity contribution in [2.24, 2.45) is 0 Å². The summed E-state index contributed by atoms with van der Waals surface area (Å²) in [7, 11) is 0.110. The van der Waals surface area contributed by atoms with Crippen LogP contribution in [0.15, 0.2) is 24.4 Å². The van der Waals surface area contributed by atoms with Gasteiger partial charge in [-0.15, -0.1) is 0 Å². The van der Waals surface area contributed by atoms with Crippen LogP contribution in [0.1, 0.15) is 5.56 Å². The van der Waals surface area contributed by atoms with Crippen LogP contribution in [0.3, 0.4) is 0 Å². The van der Waals surface area contributed by atoms with E-state index in [0.717, 1.165) is 22.2 Å². The molecule has 2 N–H and O–H groups in total. The fourth-order valence-corrected chi connectivity index (χ4v) is 1.71. The number of aryl methyl sites for hydroxylation is 1. The second-order valence-electron chi connectivity index (χ2n) is 3.60. The fraction of sp³-hybridized carbons (Fsp3) is 0.182. The van der Waals surface area contributed by atoms with Crippen molar-refractivity contribution in [1.82, 2.24) is 4.98 Å². The summed E-state index contributed by atoms with van der Waals surface area (Å²) in [5.41, 5.74) is 2.03. The molecule has 0 amide bonds. The minimum Gasteiger partial charge on any atom is -0.497 e. The molecule has 0 aliphatic rings. The van der Waals surface area contributed by atoms with Gasteiger partial charge in [0, 0.05) is 23.1 Å². The van der Waals surface area contributed by atoms with Crippen molar-refractivity contribution in [2.75, 3.05) is 7.11 Å². The second-order valence-corrected chi connectivity index (χ2v) is 3.60. The van der Waals surface area contributed by atoms with Crippen LogP contribution in [0.5, 0.6) is 5.75 Å². The molecule has 1 aromatic heterocycles. The Labute approximate surface area is 93.7 Å². The van der Waals surface area contributed by atoms with Gasteiger partial charge in [-0.2, -0.15) is 0 Å². The lowest BCUT2D eigenvalue weighted by atomic mass is 9.77. The number of fused-ring (bicyclic) bond motifs is 1. The molecule has 0 bridgehead atoms. The summed E-state index contributed by atoms with van der Waals surface area (Å²) < 4.78 is 5.10. The summed E-state index contributed by atoms with van der Waals surface area (Å²) in [4.78, 5) is 4.17. The van der Waals surface area contributed by atoms with Gasteiger partial charge >= 0.3 is 7.12 Å². The van der Waals surface area contributed by atoms with E-state index in [9.17, 15) is 0 Å². The molecule has 0 aliphatic carbocycles. The Morgan fingerprint density at radius 3 is 2.69 bits per heavy atom. The zero-order chi connectivity index (χ0) is 11.7. The molecule has 2 rings (SSSR count). The quantitative estimate of drug-likeness (QED) is 0.707. The summed E-state index contributed by atoms with van der Waals surface area (Å²) >= 11 is 0. The minimum atomic E-state index is -1.49. The second kappa shape index (κ2) is 4.12. The predicted octanol–water partition coefficient (Wildman–Crippen LogP) is 0.232. The number of ether oxygens (including phenoxy) is 1. The first kappa shape index (κ1) is 10.9. The van der Waals surface area contributed by atoms with Crippen LogP contribution in [-0.2, 0) is 0 Å². The van der Waals surface area contributed by atoms with Crippen LogP contribution >= 0.6 is 0 Å². The molecule has 0 unspecified atom stereocenters. The number of aromatic nitrogens is 1. The molecule has 0 aliphatic heterocycles. The zero-order valence-electron chi connectivity index (χ0n) is 9.14. The smallest absolute Gasteiger partial charge is 0.490 e. The van der Waals surface area contributed by atoms with E-state index in [1.54, 1.807) is 7.11 Å². The summed E-state index contributed by atoms with van der Waals surface area (Å²) in [6.45, 7) is 1.84. The molecule has 0 saturated carbocycles. The SMILES string of the molecule is COc1ccc2c(C)c(B(O)O)cnc2c1. The maximum Gasteiger partial charge on any atom is 0.490 e. The van der Waals surface area contributed by atoms with Gasteiger partial charge in [-0.05, 0) is 24.6 Å². The highest BCUT2D eigenvalue weighted by Crippen LogP contribution is 2.20. The van der Waals surface area contributed by atoms with E-state index < -0.39 is 7.12 Å². The largest absolute Gasteiger partial charge is 0.497 e. The Hall–Kier alpha value is -1.59. The first-order valence-electron chi connectivity index (χ1n) is 4.93. The maximum atomic E-state index is 9.16. The minimum absolute atomic E-state index is 0.428. The maximum absolute atomic E-state index is 9.16.